The molecule has 0 aromatic heterocycles. The molecule has 5 nitrogen and oxygen atoms in total. The number of nitrogens with zero attached hydrogens (tertiary/aromatic N) is 2. The number of aliphatic imine (C=N–C) groups is 1. The number of para-hydroxylation sites is 1. The Labute approximate surface area is 188 Å². The maximum Gasteiger partial charge on any atom is 0.282 e. The monoisotopic (exact) mass is 426 g/mol. The molecular weight excluding hydrogens is 400 g/mol. The van der Waals surface area contributed by atoms with Crippen LogP contribution >= 0.6 is 0 Å². The molecule has 1 amide bonds. The van der Waals surface area contributed by atoms with E-state index in [-0.39, 0.29) is 5.91 Å². The molecule has 0 atom stereocenters. The van der Waals surface area contributed by atoms with Crippen molar-refractivity contribution in [1.29, 1.82) is 0 Å². The van der Waals surface area contributed by atoms with Crippen LogP contribution < -0.4 is 14.4 Å². The van der Waals surface area contributed by atoms with Gasteiger partial charge >= 0.3 is 0 Å². The first-order valence-electron chi connectivity index (χ1n) is 10.8. The van der Waals surface area contributed by atoms with Gasteiger partial charge in [0.25, 0.3) is 5.91 Å². The summed E-state index contributed by atoms with van der Waals surface area (Å²) in [5.74, 6) is 1.80. The second-order valence-corrected chi connectivity index (χ2v) is 7.33. The molecule has 0 N–H and O–H groups in total. The number of anilines is 1. The summed E-state index contributed by atoms with van der Waals surface area (Å²) in [5, 5.41) is 0. The second kappa shape index (κ2) is 9.52. The zero-order valence-electron chi connectivity index (χ0n) is 18.5. The highest BCUT2D eigenvalue weighted by molar-refractivity contribution is 6.33. The van der Waals surface area contributed by atoms with E-state index in [1.807, 2.05) is 93.6 Å². The van der Waals surface area contributed by atoms with E-state index in [2.05, 4.69) is 0 Å². The zero-order valence-corrected chi connectivity index (χ0v) is 18.5. The van der Waals surface area contributed by atoms with E-state index in [1.54, 1.807) is 11.0 Å². The molecule has 3 aromatic carbocycles. The van der Waals surface area contributed by atoms with E-state index in [9.17, 15) is 4.79 Å². The van der Waals surface area contributed by atoms with Crippen molar-refractivity contribution in [1.82, 2.24) is 0 Å². The summed E-state index contributed by atoms with van der Waals surface area (Å²) >= 11 is 0. The molecular formula is C27H26N2O3. The number of benzene rings is 3. The van der Waals surface area contributed by atoms with Gasteiger partial charge in [-0.1, -0.05) is 48.5 Å². The van der Waals surface area contributed by atoms with Gasteiger partial charge in [0.15, 0.2) is 11.5 Å². The quantitative estimate of drug-likeness (QED) is 0.460. The van der Waals surface area contributed by atoms with Crippen LogP contribution in [0.15, 0.2) is 83.5 Å². The van der Waals surface area contributed by atoms with Crippen LogP contribution in [0.4, 0.5) is 5.69 Å². The normalized spacial score (nSPS) is 14.6. The van der Waals surface area contributed by atoms with Gasteiger partial charge in [0.05, 0.1) is 18.9 Å². The first-order chi connectivity index (χ1) is 15.6. The van der Waals surface area contributed by atoms with Crippen molar-refractivity contribution < 1.29 is 14.3 Å². The van der Waals surface area contributed by atoms with Crippen molar-refractivity contribution >= 4 is 23.5 Å². The Morgan fingerprint density at radius 1 is 0.875 bits per heavy atom. The maximum atomic E-state index is 13.5. The predicted molar refractivity (Wildman–Crippen MR) is 128 cm³/mol. The fraction of sp³-hybridized carbons (Fsp3) is 0.185. The minimum absolute atomic E-state index is 0.165. The Balaban J connectivity index is 1.79. The van der Waals surface area contributed by atoms with Crippen LogP contribution in [0.5, 0.6) is 11.5 Å². The van der Waals surface area contributed by atoms with Gasteiger partial charge < -0.3 is 9.47 Å². The second-order valence-electron chi connectivity index (χ2n) is 7.33. The number of hydrogen-bond donors (Lipinski definition) is 0. The van der Waals surface area contributed by atoms with E-state index in [4.69, 9.17) is 14.5 Å². The van der Waals surface area contributed by atoms with Gasteiger partial charge in [-0.2, -0.15) is 0 Å². The standard InChI is InChI=1S/C27H26N2O3/c1-4-31-24-16-15-20(18-25(24)32-5-2)17-23-27(30)29(21-12-7-6-8-13-21)26(28-23)22-14-10-9-11-19(22)3/h6-18H,4-5H2,1-3H3. The van der Waals surface area contributed by atoms with Gasteiger partial charge in [-0.05, 0) is 62.2 Å². The summed E-state index contributed by atoms with van der Waals surface area (Å²) in [5.41, 5.74) is 3.96. The van der Waals surface area contributed by atoms with Crippen LogP contribution in [-0.2, 0) is 4.79 Å². The number of ether oxygens (including phenoxy) is 2. The third kappa shape index (κ3) is 4.28. The number of carbonyl (C=O) groups excluding carboxylic acids is 1. The number of amides is 1. The third-order valence-electron chi connectivity index (χ3n) is 5.13. The molecule has 0 unspecified atom stereocenters. The van der Waals surface area contributed by atoms with Gasteiger partial charge in [-0.25, -0.2) is 4.99 Å². The molecule has 0 bridgehead atoms. The van der Waals surface area contributed by atoms with Crippen molar-refractivity contribution in [3.8, 4) is 11.5 Å². The lowest BCUT2D eigenvalue weighted by atomic mass is 10.1. The van der Waals surface area contributed by atoms with Crippen LogP contribution in [0.25, 0.3) is 6.08 Å². The first kappa shape index (κ1) is 21.4. The highest BCUT2D eigenvalue weighted by Crippen LogP contribution is 2.32. The molecule has 32 heavy (non-hydrogen) atoms. The summed E-state index contributed by atoms with van der Waals surface area (Å²) in [6.07, 6.45) is 1.79. The van der Waals surface area contributed by atoms with Gasteiger partial charge in [-0.15, -0.1) is 0 Å². The molecule has 0 saturated carbocycles. The number of rotatable bonds is 7. The third-order valence-corrected chi connectivity index (χ3v) is 5.13. The Morgan fingerprint density at radius 3 is 2.28 bits per heavy atom. The van der Waals surface area contributed by atoms with E-state index in [1.165, 1.54) is 0 Å². The molecule has 0 spiro atoms. The van der Waals surface area contributed by atoms with E-state index in [0.717, 1.165) is 22.4 Å². The average Bonchev–Trinajstić information content (AvgIpc) is 3.12. The van der Waals surface area contributed by atoms with Crippen LogP contribution in [-0.4, -0.2) is 25.0 Å². The van der Waals surface area contributed by atoms with Crippen LogP contribution in [0.3, 0.4) is 0 Å². The lowest BCUT2D eigenvalue weighted by molar-refractivity contribution is -0.113. The Morgan fingerprint density at radius 2 is 1.56 bits per heavy atom. The Bertz CT molecular complexity index is 1180. The molecule has 1 aliphatic rings. The zero-order chi connectivity index (χ0) is 22.5. The van der Waals surface area contributed by atoms with Crippen molar-refractivity contribution in [2.75, 3.05) is 18.1 Å². The highest BCUT2D eigenvalue weighted by atomic mass is 16.5. The lowest BCUT2D eigenvalue weighted by Crippen LogP contribution is -2.33. The SMILES string of the molecule is CCOc1ccc(C=C2N=C(c3ccccc3C)N(c3ccccc3)C2=O)cc1OCC. The summed E-state index contributed by atoms with van der Waals surface area (Å²) in [7, 11) is 0. The lowest BCUT2D eigenvalue weighted by Gasteiger charge is -2.19. The smallest absolute Gasteiger partial charge is 0.282 e. The van der Waals surface area contributed by atoms with Crippen molar-refractivity contribution in [3.05, 3.63) is 95.2 Å². The Hall–Kier alpha value is -3.86. The molecule has 0 radical (unpaired) electrons. The molecule has 162 valence electrons. The fourth-order valence-corrected chi connectivity index (χ4v) is 3.65. The van der Waals surface area contributed by atoms with Gasteiger partial charge in [0, 0.05) is 5.56 Å². The highest BCUT2D eigenvalue weighted by Gasteiger charge is 2.33. The van der Waals surface area contributed by atoms with Crippen molar-refractivity contribution in [2.45, 2.75) is 20.8 Å². The number of amidine groups is 1. The minimum Gasteiger partial charge on any atom is -0.490 e. The molecule has 0 saturated heterocycles. The summed E-state index contributed by atoms with van der Waals surface area (Å²) < 4.78 is 11.4. The molecule has 1 aliphatic heterocycles. The number of hydrogen-bond acceptors (Lipinski definition) is 4. The average molecular weight is 427 g/mol. The predicted octanol–water partition coefficient (Wildman–Crippen LogP) is 5.63. The summed E-state index contributed by atoms with van der Waals surface area (Å²) in [6, 6.07) is 23.2. The van der Waals surface area contributed by atoms with Gasteiger partial charge in [-0.3, -0.25) is 9.69 Å². The summed E-state index contributed by atoms with van der Waals surface area (Å²) in [4.78, 5) is 19.9. The van der Waals surface area contributed by atoms with Crippen molar-refractivity contribution in [3.63, 3.8) is 0 Å². The molecule has 0 aliphatic carbocycles. The minimum atomic E-state index is -0.165. The van der Waals surface area contributed by atoms with Crippen LogP contribution in [0.1, 0.15) is 30.5 Å². The maximum absolute atomic E-state index is 13.5. The molecule has 4 rings (SSSR count). The van der Waals surface area contributed by atoms with Crippen molar-refractivity contribution in [2.24, 2.45) is 4.99 Å². The topological polar surface area (TPSA) is 51.1 Å². The van der Waals surface area contributed by atoms with Crippen LogP contribution in [0.2, 0.25) is 0 Å². The number of carbonyl (C=O) groups is 1. The van der Waals surface area contributed by atoms with E-state index >= 15 is 0 Å². The van der Waals surface area contributed by atoms with Gasteiger partial charge in [0.2, 0.25) is 0 Å². The first-order valence-corrected chi connectivity index (χ1v) is 10.8. The number of aryl methyl sites for hydroxylation is 1. The van der Waals surface area contributed by atoms with Crippen LogP contribution in [0, 0.1) is 6.92 Å². The van der Waals surface area contributed by atoms with E-state index in [0.29, 0.717) is 36.2 Å². The molecule has 0 fully saturated rings. The Kier molecular flexibility index (Phi) is 6.36. The summed E-state index contributed by atoms with van der Waals surface area (Å²) in [6.45, 7) is 6.96. The molecule has 3 aromatic rings. The van der Waals surface area contributed by atoms with E-state index < -0.39 is 0 Å². The molecule has 1 heterocycles. The van der Waals surface area contributed by atoms with Gasteiger partial charge in [0.1, 0.15) is 11.5 Å². The molecule has 5 heteroatoms. The largest absolute Gasteiger partial charge is 0.490 e. The fourth-order valence-electron chi connectivity index (χ4n) is 3.65.